The lowest BCUT2D eigenvalue weighted by atomic mass is 10.1. The van der Waals surface area contributed by atoms with E-state index in [2.05, 4.69) is 5.32 Å². The van der Waals surface area contributed by atoms with Crippen LogP contribution in [-0.4, -0.2) is 37.0 Å². The number of hydrogen-bond acceptors (Lipinski definition) is 5. The molecule has 1 N–H and O–H groups in total. The number of thioether (sulfide) groups is 1. The fourth-order valence-electron chi connectivity index (χ4n) is 2.60. The Bertz CT molecular complexity index is 811. The van der Waals surface area contributed by atoms with E-state index in [9.17, 15) is 9.59 Å². The van der Waals surface area contributed by atoms with Gasteiger partial charge in [-0.15, -0.1) is 0 Å². The minimum absolute atomic E-state index is 0.0796. The van der Waals surface area contributed by atoms with Crippen LogP contribution in [0, 0.1) is 6.92 Å². The van der Waals surface area contributed by atoms with E-state index in [1.807, 2.05) is 31.4 Å². The highest BCUT2D eigenvalue weighted by Crippen LogP contribution is 2.21. The highest BCUT2D eigenvalue weighted by molar-refractivity contribution is 7.98. The Balaban J connectivity index is 2.05. The van der Waals surface area contributed by atoms with E-state index in [1.54, 1.807) is 43.1 Å². The standard InChI is InChI=1S/C21H24ClNO4S/c1-14-4-9-19(26-2)16(12-14)13-27-21(25)18(10-11-28-3)23-20(24)15-5-7-17(22)8-6-15/h4-9,12,18H,10-11,13H2,1-3H3,(H,23,24)/t18-/m0/s1. The van der Waals surface area contributed by atoms with Crippen LogP contribution in [0.2, 0.25) is 5.02 Å². The van der Waals surface area contributed by atoms with Gasteiger partial charge in [0.1, 0.15) is 18.4 Å². The molecule has 0 fully saturated rings. The van der Waals surface area contributed by atoms with E-state index in [-0.39, 0.29) is 12.5 Å². The van der Waals surface area contributed by atoms with Gasteiger partial charge < -0.3 is 14.8 Å². The number of aryl methyl sites for hydroxylation is 1. The van der Waals surface area contributed by atoms with E-state index in [0.717, 1.165) is 11.1 Å². The van der Waals surface area contributed by atoms with Crippen LogP contribution in [0.25, 0.3) is 0 Å². The van der Waals surface area contributed by atoms with Crippen LogP contribution < -0.4 is 10.1 Å². The third-order valence-corrected chi connectivity index (χ3v) is 5.01. The van der Waals surface area contributed by atoms with E-state index < -0.39 is 12.0 Å². The summed E-state index contributed by atoms with van der Waals surface area (Å²) in [6.07, 6.45) is 2.42. The number of ether oxygens (including phenoxy) is 2. The number of carbonyl (C=O) groups is 2. The summed E-state index contributed by atoms with van der Waals surface area (Å²) in [5, 5.41) is 3.31. The average molecular weight is 422 g/mol. The monoisotopic (exact) mass is 421 g/mol. The number of benzene rings is 2. The maximum atomic E-state index is 12.6. The Labute approximate surface area is 174 Å². The third kappa shape index (κ3) is 6.46. The van der Waals surface area contributed by atoms with Gasteiger partial charge >= 0.3 is 5.97 Å². The smallest absolute Gasteiger partial charge is 0.329 e. The number of nitrogens with one attached hydrogen (secondary N) is 1. The molecule has 0 unspecified atom stereocenters. The molecule has 0 spiro atoms. The van der Waals surface area contributed by atoms with Gasteiger partial charge in [-0.3, -0.25) is 4.79 Å². The summed E-state index contributed by atoms with van der Waals surface area (Å²) >= 11 is 7.46. The van der Waals surface area contributed by atoms with Crippen LogP contribution in [0.4, 0.5) is 0 Å². The predicted molar refractivity (Wildman–Crippen MR) is 113 cm³/mol. The van der Waals surface area contributed by atoms with Gasteiger partial charge in [0, 0.05) is 16.1 Å². The fraction of sp³-hybridized carbons (Fsp3) is 0.333. The molecule has 5 nitrogen and oxygen atoms in total. The lowest BCUT2D eigenvalue weighted by molar-refractivity contribution is -0.147. The highest BCUT2D eigenvalue weighted by atomic mass is 35.5. The first-order valence-corrected chi connectivity index (χ1v) is 10.6. The quantitative estimate of drug-likeness (QED) is 0.613. The van der Waals surface area contributed by atoms with Crippen molar-refractivity contribution in [2.45, 2.75) is 26.0 Å². The van der Waals surface area contributed by atoms with Gasteiger partial charge in [-0.1, -0.05) is 23.2 Å². The summed E-state index contributed by atoms with van der Waals surface area (Å²) in [6, 6.07) is 11.5. The number of esters is 1. The molecule has 7 heteroatoms. The predicted octanol–water partition coefficient (Wildman–Crippen LogP) is 4.25. The van der Waals surface area contributed by atoms with E-state index >= 15 is 0 Å². The molecule has 0 aliphatic carbocycles. The summed E-state index contributed by atoms with van der Waals surface area (Å²) in [5.41, 5.74) is 2.26. The number of methoxy groups -OCH3 is 1. The largest absolute Gasteiger partial charge is 0.496 e. The zero-order valence-electron chi connectivity index (χ0n) is 16.2. The Kier molecular flexibility index (Phi) is 8.67. The highest BCUT2D eigenvalue weighted by Gasteiger charge is 2.23. The molecule has 150 valence electrons. The third-order valence-electron chi connectivity index (χ3n) is 4.11. The van der Waals surface area contributed by atoms with Crippen molar-refractivity contribution >= 4 is 35.2 Å². The molecule has 2 rings (SSSR count). The maximum absolute atomic E-state index is 12.6. The van der Waals surface area contributed by atoms with E-state index in [4.69, 9.17) is 21.1 Å². The molecule has 0 aromatic heterocycles. The summed E-state index contributed by atoms with van der Waals surface area (Å²) < 4.78 is 10.8. The number of amides is 1. The van der Waals surface area contributed by atoms with Crippen molar-refractivity contribution < 1.29 is 19.1 Å². The van der Waals surface area contributed by atoms with Crippen molar-refractivity contribution in [3.05, 3.63) is 64.2 Å². The Morgan fingerprint density at radius 3 is 2.54 bits per heavy atom. The second-order valence-corrected chi connectivity index (χ2v) is 7.66. The normalized spacial score (nSPS) is 11.6. The Morgan fingerprint density at radius 1 is 1.18 bits per heavy atom. The summed E-state index contributed by atoms with van der Waals surface area (Å²) in [7, 11) is 1.57. The van der Waals surface area contributed by atoms with Crippen LogP contribution in [0.1, 0.15) is 27.9 Å². The average Bonchev–Trinajstić information content (AvgIpc) is 2.69. The lowest BCUT2D eigenvalue weighted by Gasteiger charge is -2.18. The summed E-state index contributed by atoms with van der Waals surface area (Å²) in [4.78, 5) is 25.1. The number of carbonyl (C=O) groups excluding carboxylic acids is 2. The van der Waals surface area contributed by atoms with Crippen LogP contribution in [-0.2, 0) is 16.1 Å². The van der Waals surface area contributed by atoms with E-state index in [0.29, 0.717) is 28.5 Å². The molecule has 1 atom stereocenters. The molecule has 0 bridgehead atoms. The van der Waals surface area contributed by atoms with Crippen molar-refractivity contribution in [3.8, 4) is 5.75 Å². The van der Waals surface area contributed by atoms with Gasteiger partial charge in [-0.2, -0.15) is 11.8 Å². The molecule has 0 aliphatic rings. The molecular weight excluding hydrogens is 398 g/mol. The molecule has 0 radical (unpaired) electrons. The molecule has 2 aromatic rings. The zero-order chi connectivity index (χ0) is 20.5. The van der Waals surface area contributed by atoms with Crippen molar-refractivity contribution in [1.82, 2.24) is 5.32 Å². The van der Waals surface area contributed by atoms with Crippen LogP contribution >= 0.6 is 23.4 Å². The minimum Gasteiger partial charge on any atom is -0.496 e. The molecule has 0 saturated carbocycles. The van der Waals surface area contributed by atoms with Crippen molar-refractivity contribution in [2.24, 2.45) is 0 Å². The van der Waals surface area contributed by atoms with Gasteiger partial charge in [0.2, 0.25) is 0 Å². The van der Waals surface area contributed by atoms with Gasteiger partial charge in [-0.25, -0.2) is 4.79 Å². The molecule has 0 heterocycles. The van der Waals surface area contributed by atoms with Gasteiger partial charge in [-0.05, 0) is 61.8 Å². The van der Waals surface area contributed by atoms with Gasteiger partial charge in [0.25, 0.3) is 5.91 Å². The Hall–Kier alpha value is -2.18. The first-order valence-electron chi connectivity index (χ1n) is 8.80. The minimum atomic E-state index is -0.730. The Morgan fingerprint density at radius 2 is 1.89 bits per heavy atom. The van der Waals surface area contributed by atoms with Crippen LogP contribution in [0.15, 0.2) is 42.5 Å². The molecule has 0 saturated heterocycles. The first kappa shape index (κ1) is 22.1. The van der Waals surface area contributed by atoms with Gasteiger partial charge in [0.15, 0.2) is 0 Å². The second-order valence-electron chi connectivity index (χ2n) is 6.24. The topological polar surface area (TPSA) is 64.6 Å². The zero-order valence-corrected chi connectivity index (χ0v) is 17.7. The van der Waals surface area contributed by atoms with Crippen molar-refractivity contribution in [1.29, 1.82) is 0 Å². The van der Waals surface area contributed by atoms with Crippen LogP contribution in [0.3, 0.4) is 0 Å². The second kappa shape index (κ2) is 11.0. The maximum Gasteiger partial charge on any atom is 0.329 e. The lowest BCUT2D eigenvalue weighted by Crippen LogP contribution is -2.42. The fourth-order valence-corrected chi connectivity index (χ4v) is 3.19. The first-order chi connectivity index (χ1) is 13.4. The van der Waals surface area contributed by atoms with Crippen molar-refractivity contribution in [2.75, 3.05) is 19.1 Å². The molecule has 0 aliphatic heterocycles. The number of hydrogen-bond donors (Lipinski definition) is 1. The van der Waals surface area contributed by atoms with Gasteiger partial charge in [0.05, 0.1) is 7.11 Å². The summed E-state index contributed by atoms with van der Waals surface area (Å²) in [6.45, 7) is 2.04. The number of halogens is 1. The molecule has 28 heavy (non-hydrogen) atoms. The molecular formula is C21H24ClNO4S. The van der Waals surface area contributed by atoms with Crippen LogP contribution in [0.5, 0.6) is 5.75 Å². The molecule has 1 amide bonds. The SMILES string of the molecule is COc1ccc(C)cc1COC(=O)[C@H](CCSC)NC(=O)c1ccc(Cl)cc1. The summed E-state index contributed by atoms with van der Waals surface area (Å²) in [5.74, 6) is 0.561. The number of rotatable bonds is 9. The van der Waals surface area contributed by atoms with E-state index in [1.165, 1.54) is 0 Å². The van der Waals surface area contributed by atoms with Crippen molar-refractivity contribution in [3.63, 3.8) is 0 Å². The molecule has 2 aromatic carbocycles.